The van der Waals surface area contributed by atoms with Gasteiger partial charge in [-0.2, -0.15) is 0 Å². The number of rotatable bonds is 3. The summed E-state index contributed by atoms with van der Waals surface area (Å²) < 4.78 is 2.02. The van der Waals surface area contributed by atoms with Crippen LogP contribution < -0.4 is 9.80 Å². The van der Waals surface area contributed by atoms with Gasteiger partial charge in [0, 0.05) is 68.6 Å². The van der Waals surface area contributed by atoms with Crippen molar-refractivity contribution in [2.75, 3.05) is 36.0 Å². The summed E-state index contributed by atoms with van der Waals surface area (Å²) in [6.07, 6.45) is 13.1. The summed E-state index contributed by atoms with van der Waals surface area (Å²) >= 11 is 0. The standard InChI is InChI=1S/C18H21N7/c1-2-14(3-1)15-12-16(22-13-21-15)23-8-10-25(11-9-23)18-17-19-4-6-24(17)7-5-20-18/h4-7,12-14H,1-3,8-11H2. The molecule has 0 radical (unpaired) electrons. The summed E-state index contributed by atoms with van der Waals surface area (Å²) in [5, 5.41) is 0. The molecule has 0 amide bonds. The van der Waals surface area contributed by atoms with E-state index in [1.54, 1.807) is 6.33 Å². The third-order valence-corrected chi connectivity index (χ3v) is 5.39. The van der Waals surface area contributed by atoms with E-state index in [9.17, 15) is 0 Å². The van der Waals surface area contributed by atoms with Crippen LogP contribution in [0.15, 0.2) is 37.2 Å². The van der Waals surface area contributed by atoms with E-state index in [0.29, 0.717) is 5.92 Å². The summed E-state index contributed by atoms with van der Waals surface area (Å²) in [6, 6.07) is 2.19. The van der Waals surface area contributed by atoms with Gasteiger partial charge in [-0.1, -0.05) is 6.42 Å². The molecule has 3 aromatic heterocycles. The van der Waals surface area contributed by atoms with Gasteiger partial charge in [0.2, 0.25) is 0 Å². The van der Waals surface area contributed by atoms with E-state index in [4.69, 9.17) is 0 Å². The zero-order valence-electron chi connectivity index (χ0n) is 14.1. The van der Waals surface area contributed by atoms with E-state index in [1.807, 2.05) is 29.2 Å². The maximum absolute atomic E-state index is 4.56. The van der Waals surface area contributed by atoms with Crippen LogP contribution in [-0.2, 0) is 0 Å². The largest absolute Gasteiger partial charge is 0.353 e. The summed E-state index contributed by atoms with van der Waals surface area (Å²) in [5.41, 5.74) is 2.13. The van der Waals surface area contributed by atoms with Crippen LogP contribution >= 0.6 is 0 Å². The molecule has 1 saturated carbocycles. The Morgan fingerprint density at radius 2 is 1.60 bits per heavy atom. The monoisotopic (exact) mass is 335 g/mol. The lowest BCUT2D eigenvalue weighted by Crippen LogP contribution is -2.47. The van der Waals surface area contributed by atoms with Crippen LogP contribution in [-0.4, -0.2) is 50.5 Å². The number of fused-ring (bicyclic) bond motifs is 1. The first kappa shape index (κ1) is 14.6. The van der Waals surface area contributed by atoms with Crippen molar-refractivity contribution in [1.82, 2.24) is 24.3 Å². The van der Waals surface area contributed by atoms with Crippen LogP contribution in [0.2, 0.25) is 0 Å². The molecule has 1 saturated heterocycles. The number of aromatic nitrogens is 5. The molecule has 2 fully saturated rings. The van der Waals surface area contributed by atoms with Gasteiger partial charge in [0.15, 0.2) is 11.5 Å². The Balaban J connectivity index is 1.32. The molecule has 25 heavy (non-hydrogen) atoms. The minimum Gasteiger partial charge on any atom is -0.353 e. The van der Waals surface area contributed by atoms with Gasteiger partial charge in [0.1, 0.15) is 12.1 Å². The van der Waals surface area contributed by atoms with Crippen LogP contribution in [0.1, 0.15) is 30.9 Å². The maximum Gasteiger partial charge on any atom is 0.180 e. The minimum atomic E-state index is 0.644. The van der Waals surface area contributed by atoms with Crippen LogP contribution in [0.25, 0.3) is 5.65 Å². The predicted octanol–water partition coefficient (Wildman–Crippen LogP) is 2.11. The molecule has 5 rings (SSSR count). The first-order valence-corrected chi connectivity index (χ1v) is 8.98. The SMILES string of the molecule is c1nc(C2CCC2)cc(N2CCN(c3nccn4ccnc34)CC2)n1. The molecule has 128 valence electrons. The molecule has 7 heteroatoms. The van der Waals surface area contributed by atoms with E-state index < -0.39 is 0 Å². The Morgan fingerprint density at radius 3 is 2.36 bits per heavy atom. The highest BCUT2D eigenvalue weighted by Crippen LogP contribution is 2.36. The van der Waals surface area contributed by atoms with Crippen molar-refractivity contribution in [2.45, 2.75) is 25.2 Å². The highest BCUT2D eigenvalue weighted by Gasteiger charge is 2.24. The third kappa shape index (κ3) is 2.59. The number of hydrogen-bond acceptors (Lipinski definition) is 6. The van der Waals surface area contributed by atoms with Gasteiger partial charge < -0.3 is 14.2 Å². The lowest BCUT2D eigenvalue weighted by Gasteiger charge is -2.36. The topological polar surface area (TPSA) is 62.5 Å². The van der Waals surface area contributed by atoms with E-state index >= 15 is 0 Å². The summed E-state index contributed by atoms with van der Waals surface area (Å²) in [6.45, 7) is 3.71. The lowest BCUT2D eigenvalue weighted by molar-refractivity contribution is 0.410. The molecule has 4 heterocycles. The third-order valence-electron chi connectivity index (χ3n) is 5.39. The number of nitrogens with zero attached hydrogens (tertiary/aromatic N) is 7. The second-order valence-electron chi connectivity index (χ2n) is 6.81. The molecule has 2 aliphatic rings. The molecule has 1 aliphatic carbocycles. The molecule has 0 atom stereocenters. The molecule has 0 aromatic carbocycles. The van der Waals surface area contributed by atoms with Crippen molar-refractivity contribution >= 4 is 17.3 Å². The first-order valence-electron chi connectivity index (χ1n) is 8.98. The molecule has 0 spiro atoms. The van der Waals surface area contributed by atoms with Crippen molar-refractivity contribution < 1.29 is 0 Å². The Kier molecular flexibility index (Phi) is 3.50. The van der Waals surface area contributed by atoms with E-state index in [-0.39, 0.29) is 0 Å². The van der Waals surface area contributed by atoms with Gasteiger partial charge >= 0.3 is 0 Å². The molecule has 3 aromatic rings. The smallest absolute Gasteiger partial charge is 0.180 e. The van der Waals surface area contributed by atoms with Crippen molar-refractivity contribution in [1.29, 1.82) is 0 Å². The van der Waals surface area contributed by atoms with E-state index in [2.05, 4.69) is 35.8 Å². The van der Waals surface area contributed by atoms with Crippen LogP contribution in [0.3, 0.4) is 0 Å². The van der Waals surface area contributed by atoms with Crippen molar-refractivity contribution in [3.8, 4) is 0 Å². The van der Waals surface area contributed by atoms with Gasteiger partial charge in [-0.15, -0.1) is 0 Å². The minimum absolute atomic E-state index is 0.644. The summed E-state index contributed by atoms with van der Waals surface area (Å²) in [7, 11) is 0. The molecular weight excluding hydrogens is 314 g/mol. The molecule has 7 nitrogen and oxygen atoms in total. The molecule has 1 aliphatic heterocycles. The maximum atomic E-state index is 4.56. The average Bonchev–Trinajstić information content (AvgIpc) is 3.09. The first-order chi connectivity index (χ1) is 12.4. The zero-order chi connectivity index (χ0) is 16.6. The van der Waals surface area contributed by atoms with E-state index in [1.165, 1.54) is 25.0 Å². The molecule has 0 N–H and O–H groups in total. The highest BCUT2D eigenvalue weighted by atomic mass is 15.3. The molecule has 0 unspecified atom stereocenters. The Labute approximate surface area is 146 Å². The summed E-state index contributed by atoms with van der Waals surface area (Å²) in [5.74, 6) is 2.67. The number of anilines is 2. The molecular formula is C18H21N7. The van der Waals surface area contributed by atoms with E-state index in [0.717, 1.165) is 43.5 Å². The van der Waals surface area contributed by atoms with Crippen molar-refractivity contribution in [3.63, 3.8) is 0 Å². The predicted molar refractivity (Wildman–Crippen MR) is 96.0 cm³/mol. The number of piperazine rings is 1. The fraction of sp³-hybridized carbons (Fsp3) is 0.444. The average molecular weight is 335 g/mol. The quantitative estimate of drug-likeness (QED) is 0.730. The number of hydrogen-bond donors (Lipinski definition) is 0. The fourth-order valence-corrected chi connectivity index (χ4v) is 3.67. The van der Waals surface area contributed by atoms with Gasteiger partial charge in [-0.3, -0.25) is 0 Å². The van der Waals surface area contributed by atoms with Crippen molar-refractivity contribution in [3.05, 3.63) is 42.9 Å². The van der Waals surface area contributed by atoms with Gasteiger partial charge in [0.05, 0.1) is 0 Å². The van der Waals surface area contributed by atoms with Crippen LogP contribution in [0.4, 0.5) is 11.6 Å². The fourth-order valence-electron chi connectivity index (χ4n) is 3.67. The summed E-state index contributed by atoms with van der Waals surface area (Å²) in [4.78, 5) is 22.6. The van der Waals surface area contributed by atoms with Gasteiger partial charge in [-0.05, 0) is 12.8 Å². The van der Waals surface area contributed by atoms with Crippen molar-refractivity contribution in [2.24, 2.45) is 0 Å². The Bertz CT molecular complexity index is 878. The molecule has 0 bridgehead atoms. The van der Waals surface area contributed by atoms with Crippen LogP contribution in [0.5, 0.6) is 0 Å². The second-order valence-corrected chi connectivity index (χ2v) is 6.81. The lowest BCUT2D eigenvalue weighted by atomic mass is 9.83. The normalized spacial score (nSPS) is 18.6. The number of imidazole rings is 1. The Hall–Kier alpha value is -2.70. The highest BCUT2D eigenvalue weighted by molar-refractivity contribution is 5.64. The van der Waals surface area contributed by atoms with Crippen LogP contribution in [0, 0.1) is 0 Å². The zero-order valence-corrected chi connectivity index (χ0v) is 14.1. The van der Waals surface area contributed by atoms with Gasteiger partial charge in [0.25, 0.3) is 0 Å². The second kappa shape index (κ2) is 5.98. The Morgan fingerprint density at radius 1 is 0.840 bits per heavy atom. The van der Waals surface area contributed by atoms with Gasteiger partial charge in [-0.25, -0.2) is 19.9 Å².